The van der Waals surface area contributed by atoms with Gasteiger partial charge in [0, 0.05) is 41.8 Å². The molecule has 1 aromatic carbocycles. The highest BCUT2D eigenvalue weighted by atomic mass is 79.9. The summed E-state index contributed by atoms with van der Waals surface area (Å²) in [5.41, 5.74) is 1.68. The first kappa shape index (κ1) is 14.8. The van der Waals surface area contributed by atoms with Gasteiger partial charge in [-0.25, -0.2) is 0 Å². The second kappa shape index (κ2) is 6.32. The Morgan fingerprint density at radius 1 is 1.27 bits per heavy atom. The Labute approximate surface area is 136 Å². The van der Waals surface area contributed by atoms with Gasteiger partial charge in [-0.05, 0) is 36.4 Å². The van der Waals surface area contributed by atoms with Crippen molar-refractivity contribution in [3.05, 3.63) is 64.6 Å². The van der Waals surface area contributed by atoms with E-state index in [9.17, 15) is 4.79 Å². The summed E-state index contributed by atoms with van der Waals surface area (Å²) in [4.78, 5) is 18.3. The molecule has 2 heterocycles. The molecule has 0 fully saturated rings. The topological polar surface area (TPSA) is 46.3 Å². The van der Waals surface area contributed by atoms with Crippen molar-refractivity contribution in [2.75, 3.05) is 13.6 Å². The highest BCUT2D eigenvalue weighted by Gasteiger charge is 2.16. The predicted octanol–water partition coefficient (Wildman–Crippen LogP) is 3.91. The van der Waals surface area contributed by atoms with Crippen molar-refractivity contribution in [2.24, 2.45) is 0 Å². The number of amides is 1. The number of furan rings is 1. The average molecular weight is 359 g/mol. The number of carbonyl (C=O) groups is 1. The quantitative estimate of drug-likeness (QED) is 0.710. The van der Waals surface area contributed by atoms with E-state index < -0.39 is 0 Å². The summed E-state index contributed by atoms with van der Waals surface area (Å²) < 4.78 is 6.59. The number of rotatable bonds is 4. The molecule has 5 heteroatoms. The Morgan fingerprint density at radius 3 is 2.91 bits per heavy atom. The lowest BCUT2D eigenvalue weighted by Crippen LogP contribution is -2.28. The largest absolute Gasteiger partial charge is 0.451 e. The van der Waals surface area contributed by atoms with Gasteiger partial charge in [0.2, 0.25) is 0 Å². The van der Waals surface area contributed by atoms with E-state index in [4.69, 9.17) is 4.42 Å². The van der Waals surface area contributed by atoms with E-state index in [0.717, 1.165) is 22.0 Å². The number of fused-ring (bicyclic) bond motifs is 1. The van der Waals surface area contributed by atoms with Crippen molar-refractivity contribution in [3.8, 4) is 0 Å². The molecule has 0 aliphatic heterocycles. The molecule has 0 saturated heterocycles. The van der Waals surface area contributed by atoms with Crippen LogP contribution in [0.25, 0.3) is 11.0 Å². The Balaban J connectivity index is 1.71. The van der Waals surface area contributed by atoms with Crippen LogP contribution >= 0.6 is 15.9 Å². The van der Waals surface area contributed by atoms with E-state index in [1.54, 1.807) is 24.2 Å². The summed E-state index contributed by atoms with van der Waals surface area (Å²) >= 11 is 3.41. The molecule has 0 bridgehead atoms. The normalized spacial score (nSPS) is 10.8. The van der Waals surface area contributed by atoms with Crippen LogP contribution in [0.5, 0.6) is 0 Å². The van der Waals surface area contributed by atoms with Crippen LogP contribution in [0, 0.1) is 0 Å². The molecule has 4 nitrogen and oxygen atoms in total. The zero-order chi connectivity index (χ0) is 15.5. The summed E-state index contributed by atoms with van der Waals surface area (Å²) in [7, 11) is 1.77. The first-order chi connectivity index (χ1) is 10.6. The average Bonchev–Trinajstić information content (AvgIpc) is 2.95. The minimum atomic E-state index is -0.122. The maximum atomic E-state index is 12.4. The molecule has 0 saturated carbocycles. The highest BCUT2D eigenvalue weighted by Crippen LogP contribution is 2.24. The van der Waals surface area contributed by atoms with Crippen molar-refractivity contribution in [1.82, 2.24) is 9.88 Å². The number of carbonyl (C=O) groups excluding carboxylic acids is 1. The molecule has 22 heavy (non-hydrogen) atoms. The van der Waals surface area contributed by atoms with Crippen molar-refractivity contribution < 1.29 is 9.21 Å². The van der Waals surface area contributed by atoms with E-state index in [1.165, 1.54) is 0 Å². The first-order valence-electron chi connectivity index (χ1n) is 6.98. The molecule has 0 aliphatic carbocycles. The standard InChI is InChI=1S/C17H15BrN2O2/c1-20(9-7-14-4-2-3-8-19-14)17(21)16-11-12-10-13(18)5-6-15(12)22-16/h2-6,8,10-11H,7,9H2,1H3. The molecule has 0 N–H and O–H groups in total. The maximum Gasteiger partial charge on any atom is 0.289 e. The Hall–Kier alpha value is -2.14. The smallest absolute Gasteiger partial charge is 0.289 e. The lowest BCUT2D eigenvalue weighted by atomic mass is 10.2. The third kappa shape index (κ3) is 3.20. The van der Waals surface area contributed by atoms with Gasteiger partial charge in [-0.15, -0.1) is 0 Å². The zero-order valence-corrected chi connectivity index (χ0v) is 13.7. The Kier molecular flexibility index (Phi) is 4.24. The van der Waals surface area contributed by atoms with Crippen LogP contribution < -0.4 is 0 Å². The molecular formula is C17H15BrN2O2. The van der Waals surface area contributed by atoms with Crippen molar-refractivity contribution in [1.29, 1.82) is 0 Å². The molecule has 2 aromatic heterocycles. The van der Waals surface area contributed by atoms with Crippen LogP contribution in [0.4, 0.5) is 0 Å². The Bertz CT molecular complexity index is 799. The van der Waals surface area contributed by atoms with Crippen LogP contribution in [-0.4, -0.2) is 29.4 Å². The van der Waals surface area contributed by atoms with Gasteiger partial charge in [0.25, 0.3) is 5.91 Å². The predicted molar refractivity (Wildman–Crippen MR) is 88.8 cm³/mol. The highest BCUT2D eigenvalue weighted by molar-refractivity contribution is 9.10. The molecule has 0 spiro atoms. The number of likely N-dealkylation sites (N-methyl/N-ethyl adjacent to an activating group) is 1. The van der Waals surface area contributed by atoms with Crippen molar-refractivity contribution in [2.45, 2.75) is 6.42 Å². The summed E-state index contributed by atoms with van der Waals surface area (Å²) in [5, 5.41) is 0.913. The van der Waals surface area contributed by atoms with E-state index >= 15 is 0 Å². The monoisotopic (exact) mass is 358 g/mol. The molecule has 112 valence electrons. The molecule has 3 rings (SSSR count). The fraction of sp³-hybridized carbons (Fsp3) is 0.176. The summed E-state index contributed by atoms with van der Waals surface area (Å²) in [5.74, 6) is 0.236. The Morgan fingerprint density at radius 2 is 2.14 bits per heavy atom. The van der Waals surface area contributed by atoms with Crippen molar-refractivity contribution >= 4 is 32.8 Å². The fourth-order valence-electron chi connectivity index (χ4n) is 2.24. The van der Waals surface area contributed by atoms with Gasteiger partial charge in [-0.2, -0.15) is 0 Å². The molecule has 0 aliphatic rings. The van der Waals surface area contributed by atoms with E-state index in [1.807, 2.05) is 36.4 Å². The first-order valence-corrected chi connectivity index (χ1v) is 7.77. The fourth-order valence-corrected chi connectivity index (χ4v) is 2.62. The minimum absolute atomic E-state index is 0.122. The van der Waals surface area contributed by atoms with Gasteiger partial charge in [-0.3, -0.25) is 9.78 Å². The van der Waals surface area contributed by atoms with Crippen LogP contribution in [0.2, 0.25) is 0 Å². The molecular weight excluding hydrogens is 344 g/mol. The lowest BCUT2D eigenvalue weighted by molar-refractivity contribution is 0.0767. The van der Waals surface area contributed by atoms with Gasteiger partial charge in [-0.1, -0.05) is 22.0 Å². The van der Waals surface area contributed by atoms with E-state index in [-0.39, 0.29) is 5.91 Å². The third-order valence-electron chi connectivity index (χ3n) is 3.47. The van der Waals surface area contributed by atoms with Gasteiger partial charge < -0.3 is 9.32 Å². The van der Waals surface area contributed by atoms with Crippen LogP contribution in [0.3, 0.4) is 0 Å². The number of benzene rings is 1. The van der Waals surface area contributed by atoms with E-state index in [0.29, 0.717) is 17.9 Å². The lowest BCUT2D eigenvalue weighted by Gasteiger charge is -2.15. The minimum Gasteiger partial charge on any atom is -0.451 e. The second-order valence-electron chi connectivity index (χ2n) is 5.09. The van der Waals surface area contributed by atoms with Crippen LogP contribution in [-0.2, 0) is 6.42 Å². The van der Waals surface area contributed by atoms with Gasteiger partial charge in [0.15, 0.2) is 5.76 Å². The maximum absolute atomic E-state index is 12.4. The van der Waals surface area contributed by atoms with Gasteiger partial charge in [0.05, 0.1) is 0 Å². The summed E-state index contributed by atoms with van der Waals surface area (Å²) in [6.07, 6.45) is 2.48. The zero-order valence-electron chi connectivity index (χ0n) is 12.1. The number of pyridine rings is 1. The molecule has 0 radical (unpaired) electrons. The number of hydrogen-bond acceptors (Lipinski definition) is 3. The summed E-state index contributed by atoms with van der Waals surface area (Å²) in [6, 6.07) is 13.2. The SMILES string of the molecule is CN(CCc1ccccn1)C(=O)c1cc2cc(Br)ccc2o1. The van der Waals surface area contributed by atoms with Crippen molar-refractivity contribution in [3.63, 3.8) is 0 Å². The number of nitrogens with zero attached hydrogens (tertiary/aromatic N) is 2. The van der Waals surface area contributed by atoms with Crippen LogP contribution in [0.15, 0.2) is 57.6 Å². The van der Waals surface area contributed by atoms with Gasteiger partial charge >= 0.3 is 0 Å². The number of halogens is 1. The van der Waals surface area contributed by atoms with E-state index in [2.05, 4.69) is 20.9 Å². The number of hydrogen-bond donors (Lipinski definition) is 0. The molecule has 0 atom stereocenters. The molecule has 1 amide bonds. The summed E-state index contributed by atoms with van der Waals surface area (Å²) in [6.45, 7) is 0.594. The molecule has 3 aromatic rings. The third-order valence-corrected chi connectivity index (χ3v) is 3.96. The molecule has 0 unspecified atom stereocenters. The van der Waals surface area contributed by atoms with Crippen LogP contribution in [0.1, 0.15) is 16.2 Å². The van der Waals surface area contributed by atoms with Gasteiger partial charge in [0.1, 0.15) is 5.58 Å². The second-order valence-corrected chi connectivity index (χ2v) is 6.01. The number of aromatic nitrogens is 1.